The number of rotatable bonds is 3. The zero-order valence-corrected chi connectivity index (χ0v) is 6.38. The first kappa shape index (κ1) is 9.23. The Balaban J connectivity index is 3.37. The number of alkyl carbamates (subject to hydrolysis) is 1. The van der Waals surface area contributed by atoms with Gasteiger partial charge in [-0.25, -0.2) is 4.79 Å². The van der Waals surface area contributed by atoms with E-state index in [0.717, 1.165) is 0 Å². The van der Waals surface area contributed by atoms with Crippen LogP contribution in [0, 0.1) is 6.61 Å². The van der Waals surface area contributed by atoms with Crippen molar-refractivity contribution < 1.29 is 14.3 Å². The molecule has 1 N–H and O–H groups in total. The van der Waals surface area contributed by atoms with Crippen LogP contribution in [-0.2, 0) is 9.47 Å². The smallest absolute Gasteiger partial charge is 0.409 e. The van der Waals surface area contributed by atoms with E-state index in [1.165, 1.54) is 13.7 Å². The summed E-state index contributed by atoms with van der Waals surface area (Å²) in [5, 5.41) is 2.30. The zero-order valence-electron chi connectivity index (χ0n) is 6.38. The molecule has 0 saturated carbocycles. The highest BCUT2D eigenvalue weighted by Gasteiger charge is 2.04. The van der Waals surface area contributed by atoms with Crippen molar-refractivity contribution in [3.63, 3.8) is 0 Å². The quantitative estimate of drug-likeness (QED) is 0.601. The summed E-state index contributed by atoms with van der Waals surface area (Å²) >= 11 is 0. The summed E-state index contributed by atoms with van der Waals surface area (Å²) in [6.07, 6.45) is -1.01. The Kier molecular flexibility index (Phi) is 4.66. The number of ether oxygens (including phenoxy) is 2. The molecule has 0 aliphatic carbocycles. The van der Waals surface area contributed by atoms with Crippen molar-refractivity contribution in [2.75, 3.05) is 7.05 Å². The average molecular weight is 146 g/mol. The first-order valence-corrected chi connectivity index (χ1v) is 3.02. The predicted octanol–water partition coefficient (Wildman–Crippen LogP) is 0.887. The number of hydrogen-bond acceptors (Lipinski definition) is 3. The maximum Gasteiger partial charge on any atom is 0.409 e. The molecule has 0 aromatic carbocycles. The van der Waals surface area contributed by atoms with E-state index in [1.54, 1.807) is 13.8 Å². The number of nitrogens with one attached hydrogen (secondary N) is 1. The molecular weight excluding hydrogens is 134 g/mol. The summed E-state index contributed by atoms with van der Waals surface area (Å²) < 4.78 is 9.44. The molecule has 0 spiro atoms. The maximum absolute atomic E-state index is 10.5. The fraction of sp³-hybridized carbons (Fsp3) is 0.667. The van der Waals surface area contributed by atoms with Gasteiger partial charge in [0.25, 0.3) is 0 Å². The Hall–Kier alpha value is -0.770. The van der Waals surface area contributed by atoms with Gasteiger partial charge in [-0.1, -0.05) is 0 Å². The summed E-state index contributed by atoms with van der Waals surface area (Å²) in [6.45, 7) is 4.81. The molecule has 0 aliphatic rings. The SMILES string of the molecule is C[CH]OC(C)OC(=O)NC. The van der Waals surface area contributed by atoms with Gasteiger partial charge in [0.2, 0.25) is 6.29 Å². The molecule has 59 valence electrons. The van der Waals surface area contributed by atoms with Crippen molar-refractivity contribution in [1.29, 1.82) is 0 Å². The molecule has 0 aromatic rings. The van der Waals surface area contributed by atoms with E-state index < -0.39 is 12.4 Å². The molecule has 0 saturated heterocycles. The van der Waals surface area contributed by atoms with E-state index in [-0.39, 0.29) is 0 Å². The van der Waals surface area contributed by atoms with Crippen LogP contribution in [0.5, 0.6) is 0 Å². The van der Waals surface area contributed by atoms with Crippen LogP contribution >= 0.6 is 0 Å². The minimum atomic E-state index is -0.523. The van der Waals surface area contributed by atoms with Crippen molar-refractivity contribution in [2.24, 2.45) is 0 Å². The van der Waals surface area contributed by atoms with Gasteiger partial charge in [0, 0.05) is 7.05 Å². The third-order valence-electron chi connectivity index (χ3n) is 0.805. The Morgan fingerprint density at radius 1 is 1.70 bits per heavy atom. The summed E-state index contributed by atoms with van der Waals surface area (Å²) in [4.78, 5) is 10.5. The molecule has 0 heterocycles. The van der Waals surface area contributed by atoms with Gasteiger partial charge in [-0.05, 0) is 13.8 Å². The Bertz CT molecular complexity index is 105. The van der Waals surface area contributed by atoms with Crippen LogP contribution in [0.15, 0.2) is 0 Å². The lowest BCUT2D eigenvalue weighted by Gasteiger charge is -2.10. The molecule has 10 heavy (non-hydrogen) atoms. The monoisotopic (exact) mass is 146 g/mol. The van der Waals surface area contributed by atoms with Gasteiger partial charge < -0.3 is 14.8 Å². The summed E-state index contributed by atoms with van der Waals surface area (Å²) in [5.74, 6) is 0. The molecule has 0 aliphatic heterocycles. The van der Waals surface area contributed by atoms with Gasteiger partial charge in [0.1, 0.15) is 0 Å². The van der Waals surface area contributed by atoms with Gasteiger partial charge in [-0.15, -0.1) is 0 Å². The Labute approximate surface area is 60.5 Å². The second kappa shape index (κ2) is 5.05. The first-order chi connectivity index (χ1) is 4.70. The van der Waals surface area contributed by atoms with Crippen LogP contribution in [0.25, 0.3) is 0 Å². The van der Waals surface area contributed by atoms with Crippen LogP contribution in [0.1, 0.15) is 13.8 Å². The highest BCUT2D eigenvalue weighted by atomic mass is 16.7. The standard InChI is InChI=1S/C6H12NO3/c1-4-9-5(2)10-6(8)7-3/h4-5H,1-3H3,(H,7,8). The fourth-order valence-corrected chi connectivity index (χ4v) is 0.429. The average Bonchev–Trinajstić information content (AvgIpc) is 1.88. The molecule has 0 rings (SSSR count). The van der Waals surface area contributed by atoms with E-state index in [2.05, 4.69) is 10.1 Å². The topological polar surface area (TPSA) is 47.6 Å². The molecule has 4 heteroatoms. The maximum atomic E-state index is 10.5. The number of carbonyl (C=O) groups excluding carboxylic acids is 1. The number of carbonyl (C=O) groups is 1. The normalized spacial score (nSPS) is 12.3. The minimum Gasteiger partial charge on any atom is -0.420 e. The van der Waals surface area contributed by atoms with Crippen LogP contribution in [0.2, 0.25) is 0 Å². The van der Waals surface area contributed by atoms with Crippen molar-refractivity contribution in [3.05, 3.63) is 6.61 Å². The fourth-order valence-electron chi connectivity index (χ4n) is 0.429. The molecule has 0 fully saturated rings. The van der Waals surface area contributed by atoms with Gasteiger partial charge in [-0.2, -0.15) is 0 Å². The third kappa shape index (κ3) is 4.14. The zero-order chi connectivity index (χ0) is 7.98. The summed E-state index contributed by atoms with van der Waals surface area (Å²) in [7, 11) is 1.49. The summed E-state index contributed by atoms with van der Waals surface area (Å²) in [6, 6.07) is 0. The van der Waals surface area contributed by atoms with Crippen LogP contribution in [0.4, 0.5) is 4.79 Å². The molecule has 0 aromatic heterocycles. The second-order valence-corrected chi connectivity index (χ2v) is 1.59. The molecule has 1 atom stereocenters. The number of hydrogen-bond donors (Lipinski definition) is 1. The molecule has 1 amide bonds. The molecule has 1 unspecified atom stereocenters. The molecular formula is C6H12NO3. The lowest BCUT2D eigenvalue weighted by Crippen LogP contribution is -2.25. The van der Waals surface area contributed by atoms with Gasteiger partial charge in [0.05, 0.1) is 6.61 Å². The largest absolute Gasteiger partial charge is 0.420 e. The van der Waals surface area contributed by atoms with Crippen LogP contribution in [0.3, 0.4) is 0 Å². The van der Waals surface area contributed by atoms with E-state index in [4.69, 9.17) is 4.74 Å². The van der Waals surface area contributed by atoms with Crippen molar-refractivity contribution in [3.8, 4) is 0 Å². The second-order valence-electron chi connectivity index (χ2n) is 1.59. The minimum absolute atomic E-state index is 0.491. The van der Waals surface area contributed by atoms with E-state index in [1.807, 2.05) is 0 Å². The number of amides is 1. The Morgan fingerprint density at radius 2 is 2.30 bits per heavy atom. The van der Waals surface area contributed by atoms with Crippen LogP contribution < -0.4 is 5.32 Å². The highest BCUT2D eigenvalue weighted by Crippen LogP contribution is 1.94. The van der Waals surface area contributed by atoms with Crippen molar-refractivity contribution in [2.45, 2.75) is 20.1 Å². The van der Waals surface area contributed by atoms with E-state index >= 15 is 0 Å². The first-order valence-electron chi connectivity index (χ1n) is 3.02. The van der Waals surface area contributed by atoms with E-state index in [0.29, 0.717) is 0 Å². The third-order valence-corrected chi connectivity index (χ3v) is 0.805. The van der Waals surface area contributed by atoms with E-state index in [9.17, 15) is 4.79 Å². The lowest BCUT2D eigenvalue weighted by atomic mass is 10.7. The lowest BCUT2D eigenvalue weighted by molar-refractivity contribution is -0.0627. The Morgan fingerprint density at radius 3 is 2.70 bits per heavy atom. The molecule has 4 nitrogen and oxygen atoms in total. The van der Waals surface area contributed by atoms with Crippen LogP contribution in [-0.4, -0.2) is 19.4 Å². The van der Waals surface area contributed by atoms with Gasteiger partial charge >= 0.3 is 6.09 Å². The van der Waals surface area contributed by atoms with Gasteiger partial charge in [0.15, 0.2) is 0 Å². The summed E-state index contributed by atoms with van der Waals surface area (Å²) in [5.41, 5.74) is 0. The van der Waals surface area contributed by atoms with Crippen molar-refractivity contribution >= 4 is 6.09 Å². The van der Waals surface area contributed by atoms with Crippen molar-refractivity contribution in [1.82, 2.24) is 5.32 Å². The molecule has 0 bridgehead atoms. The predicted molar refractivity (Wildman–Crippen MR) is 36.1 cm³/mol. The highest BCUT2D eigenvalue weighted by molar-refractivity contribution is 5.66. The molecule has 1 radical (unpaired) electrons. The van der Waals surface area contributed by atoms with Gasteiger partial charge in [-0.3, -0.25) is 0 Å².